The van der Waals surface area contributed by atoms with E-state index in [0.29, 0.717) is 12.8 Å². The Hall–Kier alpha value is -3.95. The molecular weight excluding hydrogens is 418 g/mol. The van der Waals surface area contributed by atoms with Crippen molar-refractivity contribution in [2.24, 2.45) is 0 Å². The van der Waals surface area contributed by atoms with Gasteiger partial charge in [0, 0.05) is 18.7 Å². The van der Waals surface area contributed by atoms with Gasteiger partial charge >= 0.3 is 5.97 Å². The Kier molecular flexibility index (Phi) is 5.52. The van der Waals surface area contributed by atoms with Crippen LogP contribution < -0.4 is 10.1 Å². The smallest absolute Gasteiger partial charge is 0.329 e. The van der Waals surface area contributed by atoms with Crippen molar-refractivity contribution in [1.29, 1.82) is 0 Å². The van der Waals surface area contributed by atoms with E-state index in [0.717, 1.165) is 11.6 Å². The molecule has 2 amide bonds. The van der Waals surface area contributed by atoms with Crippen molar-refractivity contribution >= 4 is 29.2 Å². The normalized spacial score (nSPS) is 21.8. The summed E-state index contributed by atoms with van der Waals surface area (Å²) in [5, 5.41) is 13.5. The van der Waals surface area contributed by atoms with E-state index in [-0.39, 0.29) is 30.3 Å². The minimum atomic E-state index is -1.93. The SMILES string of the molecule is C[C@@]1(C(=O)N2CCC[C@H]2C(=O)OCc2ccccc2)Oc2ccc([N+](=O)[O-])cc2NC1=O. The molecule has 0 aliphatic carbocycles. The molecule has 2 heterocycles. The Labute approximate surface area is 183 Å². The van der Waals surface area contributed by atoms with E-state index >= 15 is 0 Å². The number of non-ortho nitro benzene ring substituents is 1. The van der Waals surface area contributed by atoms with Crippen LogP contribution in [-0.2, 0) is 25.7 Å². The fourth-order valence-electron chi connectivity index (χ4n) is 3.82. The number of rotatable bonds is 5. The number of carbonyl (C=O) groups is 3. The molecule has 10 heteroatoms. The van der Waals surface area contributed by atoms with Gasteiger partial charge < -0.3 is 19.7 Å². The average Bonchev–Trinajstić information content (AvgIpc) is 3.28. The fourth-order valence-corrected chi connectivity index (χ4v) is 3.82. The number of nitro benzene ring substituents is 1. The van der Waals surface area contributed by atoms with Gasteiger partial charge in [0.1, 0.15) is 18.4 Å². The third-order valence-electron chi connectivity index (χ3n) is 5.59. The van der Waals surface area contributed by atoms with Crippen LogP contribution in [0.2, 0.25) is 0 Å². The summed E-state index contributed by atoms with van der Waals surface area (Å²) >= 11 is 0. The number of esters is 1. The summed E-state index contributed by atoms with van der Waals surface area (Å²) < 4.78 is 11.1. The second kappa shape index (κ2) is 8.29. The number of nitrogens with zero attached hydrogens (tertiary/aromatic N) is 2. The van der Waals surface area contributed by atoms with Gasteiger partial charge in [-0.25, -0.2) is 4.79 Å². The monoisotopic (exact) mass is 439 g/mol. The van der Waals surface area contributed by atoms with Crippen molar-refractivity contribution in [3.05, 3.63) is 64.2 Å². The number of amides is 2. The van der Waals surface area contributed by atoms with Crippen LogP contribution in [0.5, 0.6) is 5.75 Å². The molecule has 0 radical (unpaired) electrons. The number of nitrogens with one attached hydrogen (secondary N) is 1. The van der Waals surface area contributed by atoms with Crippen molar-refractivity contribution in [1.82, 2.24) is 4.90 Å². The number of benzene rings is 2. The van der Waals surface area contributed by atoms with Gasteiger partial charge in [0.25, 0.3) is 23.1 Å². The highest BCUT2D eigenvalue weighted by molar-refractivity contribution is 6.16. The van der Waals surface area contributed by atoms with Gasteiger partial charge in [-0.15, -0.1) is 0 Å². The summed E-state index contributed by atoms with van der Waals surface area (Å²) in [6.45, 7) is 1.68. The zero-order valence-corrected chi connectivity index (χ0v) is 17.3. The average molecular weight is 439 g/mol. The minimum absolute atomic E-state index is 0.0820. The highest BCUT2D eigenvalue weighted by atomic mass is 16.6. The molecule has 0 saturated carbocycles. The van der Waals surface area contributed by atoms with Crippen molar-refractivity contribution in [2.45, 2.75) is 38.0 Å². The highest BCUT2D eigenvalue weighted by Crippen LogP contribution is 2.37. The van der Waals surface area contributed by atoms with Crippen LogP contribution >= 0.6 is 0 Å². The van der Waals surface area contributed by atoms with E-state index in [9.17, 15) is 24.5 Å². The Balaban J connectivity index is 1.50. The lowest BCUT2D eigenvalue weighted by molar-refractivity contribution is -0.384. The molecule has 4 rings (SSSR count). The maximum atomic E-state index is 13.3. The second-order valence-electron chi connectivity index (χ2n) is 7.78. The number of anilines is 1. The fraction of sp³-hybridized carbons (Fsp3) is 0.318. The van der Waals surface area contributed by atoms with Crippen LogP contribution in [0, 0.1) is 10.1 Å². The predicted octanol–water partition coefficient (Wildman–Crippen LogP) is 2.42. The number of hydrogen-bond donors (Lipinski definition) is 1. The second-order valence-corrected chi connectivity index (χ2v) is 7.78. The summed E-state index contributed by atoms with van der Waals surface area (Å²) in [5.41, 5.74) is -1.21. The molecular formula is C22H21N3O7. The first-order valence-corrected chi connectivity index (χ1v) is 10.1. The molecule has 2 aromatic rings. The zero-order chi connectivity index (χ0) is 22.9. The third-order valence-corrected chi connectivity index (χ3v) is 5.59. The number of ether oxygens (including phenoxy) is 2. The van der Waals surface area contributed by atoms with E-state index in [4.69, 9.17) is 9.47 Å². The molecule has 0 aromatic heterocycles. The largest absolute Gasteiger partial charge is 0.466 e. The molecule has 0 spiro atoms. The van der Waals surface area contributed by atoms with Gasteiger partial charge in [-0.2, -0.15) is 0 Å². The van der Waals surface area contributed by atoms with E-state index in [1.54, 1.807) is 0 Å². The maximum absolute atomic E-state index is 13.3. The van der Waals surface area contributed by atoms with Gasteiger partial charge in [-0.1, -0.05) is 30.3 Å². The number of likely N-dealkylation sites (tertiary alicyclic amines) is 1. The quantitative estimate of drug-likeness (QED) is 0.328. The van der Waals surface area contributed by atoms with Crippen molar-refractivity contribution in [3.63, 3.8) is 0 Å². The molecule has 0 unspecified atom stereocenters. The Morgan fingerprint density at radius 2 is 2.03 bits per heavy atom. The summed E-state index contributed by atoms with van der Waals surface area (Å²) in [6, 6.07) is 12.1. The lowest BCUT2D eigenvalue weighted by atomic mass is 10.00. The molecule has 2 aliphatic rings. The molecule has 2 atom stereocenters. The first-order valence-electron chi connectivity index (χ1n) is 10.1. The van der Waals surface area contributed by atoms with Crippen molar-refractivity contribution in [3.8, 4) is 5.75 Å². The van der Waals surface area contributed by atoms with Gasteiger partial charge in [0.05, 0.1) is 10.6 Å². The van der Waals surface area contributed by atoms with E-state index in [1.807, 2.05) is 30.3 Å². The number of fused-ring (bicyclic) bond motifs is 1. The molecule has 2 aliphatic heterocycles. The number of hydrogen-bond acceptors (Lipinski definition) is 7. The first kappa shape index (κ1) is 21.3. The lowest BCUT2D eigenvalue weighted by Crippen LogP contribution is -2.61. The minimum Gasteiger partial charge on any atom is -0.466 e. The summed E-state index contributed by atoms with van der Waals surface area (Å²) in [7, 11) is 0. The van der Waals surface area contributed by atoms with Gasteiger partial charge in [0.15, 0.2) is 0 Å². The Bertz CT molecular complexity index is 1090. The molecule has 10 nitrogen and oxygen atoms in total. The topological polar surface area (TPSA) is 128 Å². The van der Waals surface area contributed by atoms with Crippen LogP contribution in [0.15, 0.2) is 48.5 Å². The first-order chi connectivity index (χ1) is 15.3. The van der Waals surface area contributed by atoms with Crippen LogP contribution in [0.25, 0.3) is 0 Å². The van der Waals surface area contributed by atoms with Crippen LogP contribution in [0.1, 0.15) is 25.3 Å². The van der Waals surface area contributed by atoms with Gasteiger partial charge in [-0.05, 0) is 31.4 Å². The van der Waals surface area contributed by atoms with Gasteiger partial charge in [-0.3, -0.25) is 19.7 Å². The molecule has 0 bridgehead atoms. The summed E-state index contributed by atoms with van der Waals surface area (Å²) in [5.74, 6) is -1.85. The van der Waals surface area contributed by atoms with E-state index < -0.39 is 34.3 Å². The summed E-state index contributed by atoms with van der Waals surface area (Å²) in [4.78, 5) is 50.5. The molecule has 1 N–H and O–H groups in total. The highest BCUT2D eigenvalue weighted by Gasteiger charge is 2.52. The third kappa shape index (κ3) is 3.86. The summed E-state index contributed by atoms with van der Waals surface area (Å²) in [6.07, 6.45) is 0.997. The maximum Gasteiger partial charge on any atom is 0.329 e. The molecule has 1 saturated heterocycles. The van der Waals surface area contributed by atoms with Crippen LogP contribution in [0.3, 0.4) is 0 Å². The van der Waals surface area contributed by atoms with Crippen molar-refractivity contribution in [2.75, 3.05) is 11.9 Å². The van der Waals surface area contributed by atoms with Gasteiger partial charge in [0.2, 0.25) is 0 Å². The lowest BCUT2D eigenvalue weighted by Gasteiger charge is -2.37. The predicted molar refractivity (Wildman–Crippen MR) is 112 cm³/mol. The standard InChI is InChI=1S/C22H21N3O7/c1-22(20(27)23-16-12-15(25(29)30)9-10-18(16)32-22)21(28)24-11-5-8-17(24)19(26)31-13-14-6-3-2-4-7-14/h2-4,6-7,9-10,12,17H,5,8,11,13H2,1H3,(H,23,27)/t17-,22+/m0/s1. The van der Waals surface area contributed by atoms with E-state index in [1.165, 1.54) is 24.0 Å². The molecule has 2 aromatic carbocycles. The molecule has 1 fully saturated rings. The number of carbonyl (C=O) groups excluding carboxylic acids is 3. The van der Waals surface area contributed by atoms with Crippen LogP contribution in [0.4, 0.5) is 11.4 Å². The van der Waals surface area contributed by atoms with E-state index in [2.05, 4.69) is 5.32 Å². The van der Waals surface area contributed by atoms with Crippen LogP contribution in [-0.4, -0.2) is 45.8 Å². The van der Waals surface area contributed by atoms with Crippen molar-refractivity contribution < 1.29 is 28.8 Å². The molecule has 166 valence electrons. The molecule has 32 heavy (non-hydrogen) atoms. The Morgan fingerprint density at radius 1 is 1.28 bits per heavy atom. The number of nitro groups is 1. The Morgan fingerprint density at radius 3 is 2.75 bits per heavy atom. The zero-order valence-electron chi connectivity index (χ0n) is 17.3.